The van der Waals surface area contributed by atoms with Crippen LogP contribution >= 0.6 is 0 Å². The average Bonchev–Trinajstić information content (AvgIpc) is 3.33. The van der Waals surface area contributed by atoms with Crippen LogP contribution in [0.4, 0.5) is 0 Å². The Morgan fingerprint density at radius 3 is 2.25 bits per heavy atom. The van der Waals surface area contributed by atoms with E-state index in [9.17, 15) is 9.90 Å². The lowest BCUT2D eigenvalue weighted by atomic mass is 9.87. The summed E-state index contributed by atoms with van der Waals surface area (Å²) in [5, 5.41) is 9.21. The second-order valence-corrected chi connectivity index (χ2v) is 16.7. The number of hydrogen-bond acceptors (Lipinski definition) is 6. The number of rotatable bonds is 14. The van der Waals surface area contributed by atoms with E-state index in [-0.39, 0.29) is 23.5 Å². The number of carbonyl (C=O) groups is 1. The van der Waals surface area contributed by atoms with Gasteiger partial charge < -0.3 is 23.4 Å². The first-order chi connectivity index (χ1) is 18.8. The zero-order valence-electron chi connectivity index (χ0n) is 25.2. The molecule has 0 aliphatic carbocycles. The molecule has 0 spiro atoms. The summed E-state index contributed by atoms with van der Waals surface area (Å²) < 4.78 is 24.6. The van der Waals surface area contributed by atoms with E-state index in [4.69, 9.17) is 18.3 Å². The first-order valence-electron chi connectivity index (χ1n) is 13.9. The summed E-state index contributed by atoms with van der Waals surface area (Å²) in [5.74, 6) is 1.45. The van der Waals surface area contributed by atoms with Crippen molar-refractivity contribution < 1.29 is 28.2 Å². The first kappa shape index (κ1) is 31.4. The Balaban J connectivity index is 2.05. The number of oxazole rings is 1. The average molecular weight is 568 g/mol. The molecule has 0 unspecified atom stereocenters. The lowest BCUT2D eigenvalue weighted by molar-refractivity contribution is -0.136. The molecule has 7 nitrogen and oxygen atoms in total. The van der Waals surface area contributed by atoms with Crippen LogP contribution in [0.1, 0.15) is 68.1 Å². The summed E-state index contributed by atoms with van der Waals surface area (Å²) in [7, 11) is 1.11. The normalized spacial score (nSPS) is 13.6. The Hall–Kier alpha value is -3.10. The largest absolute Gasteiger partial charge is 0.496 e. The molecule has 3 aromatic rings. The maximum absolute atomic E-state index is 11.2. The molecular weight excluding hydrogens is 522 g/mol. The first-order valence-corrected chi connectivity index (χ1v) is 16.8. The molecular formula is C32H45NO6Si. The maximum Gasteiger partial charge on any atom is 0.311 e. The molecule has 0 saturated carbocycles. The van der Waals surface area contributed by atoms with E-state index >= 15 is 0 Å². The molecule has 0 amide bonds. The fourth-order valence-electron chi connectivity index (χ4n) is 4.67. The Bertz CT molecular complexity index is 1220. The molecule has 0 fully saturated rings. The Labute approximate surface area is 240 Å². The van der Waals surface area contributed by atoms with Crippen molar-refractivity contribution in [3.8, 4) is 11.5 Å². The summed E-state index contributed by atoms with van der Waals surface area (Å²) in [5.41, 5.74) is 3.22. The van der Waals surface area contributed by atoms with Crippen molar-refractivity contribution in [1.82, 2.24) is 4.98 Å². The molecule has 0 radical (unpaired) electrons. The molecule has 1 heterocycles. The van der Waals surface area contributed by atoms with E-state index in [1.54, 1.807) is 14.2 Å². The maximum atomic E-state index is 11.2. The van der Waals surface area contributed by atoms with Crippen LogP contribution in [0.25, 0.3) is 0 Å². The monoisotopic (exact) mass is 567 g/mol. The lowest BCUT2D eigenvalue weighted by Crippen LogP contribution is -2.43. The molecule has 8 heteroatoms. The van der Waals surface area contributed by atoms with E-state index in [0.29, 0.717) is 18.1 Å². The summed E-state index contributed by atoms with van der Waals surface area (Å²) in [6.07, 6.45) is 4.34. The van der Waals surface area contributed by atoms with Crippen LogP contribution in [0, 0.1) is 12.8 Å². The van der Waals surface area contributed by atoms with Gasteiger partial charge in [-0.3, -0.25) is 4.79 Å². The lowest BCUT2D eigenvalue weighted by Gasteiger charge is -2.42. The van der Waals surface area contributed by atoms with Gasteiger partial charge in [-0.1, -0.05) is 51.1 Å². The molecule has 0 aliphatic heterocycles. The fourth-order valence-corrected chi connectivity index (χ4v) is 5.99. The quantitative estimate of drug-likeness (QED) is 0.201. The zero-order valence-corrected chi connectivity index (χ0v) is 26.2. The third-order valence-electron chi connectivity index (χ3n) is 8.01. The Morgan fingerprint density at radius 2 is 1.70 bits per heavy atom. The summed E-state index contributed by atoms with van der Waals surface area (Å²) in [6, 6.07) is 14.6. The molecule has 2 atom stereocenters. The molecule has 3 rings (SSSR count). The van der Waals surface area contributed by atoms with Gasteiger partial charge in [-0.2, -0.15) is 0 Å². The van der Waals surface area contributed by atoms with Crippen LogP contribution in [0.3, 0.4) is 0 Å². The highest BCUT2D eigenvalue weighted by Crippen LogP contribution is 2.45. The third-order valence-corrected chi connectivity index (χ3v) is 12.5. The number of methoxy groups -OCH3 is 2. The highest BCUT2D eigenvalue weighted by Gasteiger charge is 2.41. The van der Waals surface area contributed by atoms with Gasteiger partial charge in [0.25, 0.3) is 0 Å². The molecule has 0 saturated heterocycles. The van der Waals surface area contributed by atoms with Gasteiger partial charge in [0, 0.05) is 12.0 Å². The van der Waals surface area contributed by atoms with Crippen LogP contribution in [0.2, 0.25) is 18.1 Å². The number of carboxylic acid groups (broad SMARTS) is 1. The van der Waals surface area contributed by atoms with Crippen LogP contribution in [-0.4, -0.2) is 38.6 Å². The number of ether oxygens (including phenoxy) is 2. The van der Waals surface area contributed by atoms with Gasteiger partial charge >= 0.3 is 5.97 Å². The number of nitrogens with zero attached hydrogens (tertiary/aromatic N) is 1. The molecule has 218 valence electrons. The summed E-state index contributed by atoms with van der Waals surface area (Å²) in [6.45, 7) is 13.2. The number of aliphatic carboxylic acids is 1. The van der Waals surface area contributed by atoms with Crippen LogP contribution < -0.4 is 9.47 Å². The number of hydrogen-bond donors (Lipinski definition) is 1. The summed E-state index contributed by atoms with van der Waals surface area (Å²) in [4.78, 5) is 15.7. The van der Waals surface area contributed by atoms with Crippen molar-refractivity contribution in [2.24, 2.45) is 5.92 Å². The number of aryl methyl sites for hydroxylation is 1. The number of carboxylic acids is 1. The zero-order chi connectivity index (χ0) is 29.5. The van der Waals surface area contributed by atoms with Gasteiger partial charge in [-0.25, -0.2) is 4.98 Å². The minimum atomic E-state index is -2.23. The summed E-state index contributed by atoms with van der Waals surface area (Å²) >= 11 is 0. The Kier molecular flexibility index (Phi) is 10.6. The van der Waals surface area contributed by atoms with Crippen molar-refractivity contribution in [3.05, 3.63) is 77.0 Å². The second kappa shape index (κ2) is 13.5. The third kappa shape index (κ3) is 8.21. The van der Waals surface area contributed by atoms with Gasteiger partial charge in [0.1, 0.15) is 23.7 Å². The van der Waals surface area contributed by atoms with Crippen LogP contribution in [-0.2, 0) is 28.5 Å². The van der Waals surface area contributed by atoms with E-state index in [0.717, 1.165) is 41.9 Å². The molecule has 40 heavy (non-hydrogen) atoms. The fraction of sp³-hybridized carbons (Fsp3) is 0.500. The topological polar surface area (TPSA) is 91.0 Å². The Morgan fingerprint density at radius 1 is 1.07 bits per heavy atom. The van der Waals surface area contributed by atoms with E-state index in [1.807, 2.05) is 13.0 Å². The van der Waals surface area contributed by atoms with E-state index < -0.39 is 14.3 Å². The van der Waals surface area contributed by atoms with Crippen LogP contribution in [0.5, 0.6) is 11.5 Å². The van der Waals surface area contributed by atoms with E-state index in [2.05, 4.69) is 75.2 Å². The molecule has 1 N–H and O–H groups in total. The number of aromatic nitrogens is 1. The predicted octanol–water partition coefficient (Wildman–Crippen LogP) is 7.57. The van der Waals surface area contributed by atoms with Crippen molar-refractivity contribution >= 4 is 14.3 Å². The van der Waals surface area contributed by atoms with Crippen LogP contribution in [0.15, 0.2) is 53.1 Å². The molecule has 0 aliphatic rings. The van der Waals surface area contributed by atoms with Crippen molar-refractivity contribution in [2.75, 3.05) is 14.2 Å². The molecule has 2 aromatic carbocycles. The van der Waals surface area contributed by atoms with Crippen molar-refractivity contribution in [2.45, 2.75) is 84.0 Å². The standard InChI is InChI=1S/C32H45NO6Si/c1-22-27(36-5)17-25(18-28(22)37-6)31(39-40(7,8)32(2,3)4)24(16-12-15-23-13-10-9-11-14-23)19-29-33-21-26(38-29)20-30(34)35/h9-11,13-14,17-18,21,24,31H,12,15-16,19-20H2,1-8H3,(H,34,35)/t24-,31-/m0/s1. The predicted molar refractivity (Wildman–Crippen MR) is 160 cm³/mol. The van der Waals surface area contributed by atoms with Crippen molar-refractivity contribution in [3.63, 3.8) is 0 Å². The van der Waals surface area contributed by atoms with E-state index in [1.165, 1.54) is 11.8 Å². The SMILES string of the molecule is COc1cc([C@@H](O[Si](C)(C)C(C)(C)C)[C@@H](CCCc2ccccc2)Cc2ncc(CC(=O)O)o2)cc(OC)c1C. The highest BCUT2D eigenvalue weighted by atomic mass is 28.4. The van der Waals surface area contributed by atoms with Crippen molar-refractivity contribution in [1.29, 1.82) is 0 Å². The smallest absolute Gasteiger partial charge is 0.311 e. The van der Waals surface area contributed by atoms with Gasteiger partial charge in [0.15, 0.2) is 14.2 Å². The van der Waals surface area contributed by atoms with Gasteiger partial charge in [-0.15, -0.1) is 0 Å². The van der Waals surface area contributed by atoms with Gasteiger partial charge in [0.2, 0.25) is 0 Å². The molecule has 0 bridgehead atoms. The second-order valence-electron chi connectivity index (χ2n) is 12.0. The molecule has 1 aromatic heterocycles. The highest BCUT2D eigenvalue weighted by molar-refractivity contribution is 6.74. The van der Waals surface area contributed by atoms with Gasteiger partial charge in [-0.05, 0) is 73.5 Å². The number of benzene rings is 2. The minimum absolute atomic E-state index is 0.00367. The minimum Gasteiger partial charge on any atom is -0.496 e. The van der Waals surface area contributed by atoms with Gasteiger partial charge in [0.05, 0.1) is 26.5 Å².